The zero-order chi connectivity index (χ0) is 10.1. The minimum absolute atomic E-state index is 0.234. The molecule has 0 amide bonds. The molecule has 1 aromatic heterocycles. The number of fused-ring (bicyclic) bond motifs is 1. The van der Waals surface area contributed by atoms with Crippen molar-refractivity contribution in [2.24, 2.45) is 7.05 Å². The molecule has 3 heteroatoms. The lowest BCUT2D eigenvalue weighted by molar-refractivity contribution is 0.203. The van der Waals surface area contributed by atoms with Crippen molar-refractivity contribution in [3.8, 4) is 0 Å². The lowest BCUT2D eigenvalue weighted by Crippen LogP contribution is -1.98. The van der Waals surface area contributed by atoms with E-state index in [1.165, 1.54) is 0 Å². The highest BCUT2D eigenvalue weighted by Gasteiger charge is 2.06. The number of benzene rings is 1. The summed E-state index contributed by atoms with van der Waals surface area (Å²) < 4.78 is 2.05. The molecule has 0 spiro atoms. The van der Waals surface area contributed by atoms with E-state index in [9.17, 15) is 5.11 Å². The number of nitrogens with zero attached hydrogens (tertiary/aromatic N) is 1. The molecule has 74 valence electrons. The fraction of sp³-hybridized carbons (Fsp3) is 0.273. The maximum atomic E-state index is 9.56. The van der Waals surface area contributed by atoms with Crippen molar-refractivity contribution >= 4 is 22.5 Å². The van der Waals surface area contributed by atoms with E-state index in [1.807, 2.05) is 42.1 Å². The normalized spacial score (nSPS) is 13.4. The third-order valence-corrected chi connectivity index (χ3v) is 2.73. The first-order valence-electron chi connectivity index (χ1n) is 4.51. The number of aliphatic hydroxyl groups excluding tert-OH is 1. The van der Waals surface area contributed by atoms with Crippen LogP contribution in [0.4, 0.5) is 0 Å². The van der Waals surface area contributed by atoms with Gasteiger partial charge in [0.2, 0.25) is 0 Å². The summed E-state index contributed by atoms with van der Waals surface area (Å²) in [5.74, 6) is 0.234. The van der Waals surface area contributed by atoms with Crippen LogP contribution in [0.2, 0.25) is 0 Å². The predicted octanol–water partition coefficient (Wildman–Crippen LogP) is 2.45. The molecule has 2 nitrogen and oxygen atoms in total. The van der Waals surface area contributed by atoms with Gasteiger partial charge in [-0.3, -0.25) is 0 Å². The fourth-order valence-electron chi connectivity index (χ4n) is 1.60. The van der Waals surface area contributed by atoms with Gasteiger partial charge in [-0.15, -0.1) is 11.6 Å². The van der Waals surface area contributed by atoms with E-state index >= 15 is 0 Å². The molecule has 14 heavy (non-hydrogen) atoms. The molecule has 0 fully saturated rings. The zero-order valence-corrected chi connectivity index (χ0v) is 8.70. The zero-order valence-electron chi connectivity index (χ0n) is 7.94. The van der Waals surface area contributed by atoms with Gasteiger partial charge in [-0.25, -0.2) is 0 Å². The van der Waals surface area contributed by atoms with Gasteiger partial charge in [-0.05, 0) is 29.1 Å². The van der Waals surface area contributed by atoms with Crippen LogP contribution in [0.15, 0.2) is 30.5 Å². The number of aryl methyl sites for hydroxylation is 1. The molecule has 1 heterocycles. The highest BCUT2D eigenvalue weighted by Crippen LogP contribution is 2.21. The quantitative estimate of drug-likeness (QED) is 0.756. The van der Waals surface area contributed by atoms with Crippen molar-refractivity contribution < 1.29 is 5.11 Å². The second-order valence-electron chi connectivity index (χ2n) is 3.41. The van der Waals surface area contributed by atoms with E-state index in [2.05, 4.69) is 0 Å². The third-order valence-electron chi connectivity index (χ3n) is 2.44. The molecular weight excluding hydrogens is 198 g/mol. The Morgan fingerprint density at radius 2 is 2.21 bits per heavy atom. The Morgan fingerprint density at radius 1 is 1.43 bits per heavy atom. The summed E-state index contributed by atoms with van der Waals surface area (Å²) in [4.78, 5) is 0. The monoisotopic (exact) mass is 209 g/mol. The summed E-state index contributed by atoms with van der Waals surface area (Å²) in [6.07, 6.45) is 1.43. The first-order chi connectivity index (χ1) is 6.72. The van der Waals surface area contributed by atoms with E-state index in [0.29, 0.717) is 0 Å². The topological polar surface area (TPSA) is 25.2 Å². The molecule has 1 aromatic carbocycles. The van der Waals surface area contributed by atoms with Gasteiger partial charge in [0.05, 0.1) is 12.0 Å². The Kier molecular flexibility index (Phi) is 2.48. The van der Waals surface area contributed by atoms with Crippen molar-refractivity contribution in [2.75, 3.05) is 5.88 Å². The smallest absolute Gasteiger partial charge is 0.0925 e. The van der Waals surface area contributed by atoms with Gasteiger partial charge in [0.1, 0.15) is 0 Å². The third kappa shape index (κ3) is 1.51. The molecule has 1 unspecified atom stereocenters. The Hall–Kier alpha value is -0.990. The average Bonchev–Trinajstić information content (AvgIpc) is 2.59. The molecule has 0 radical (unpaired) electrons. The molecular formula is C11H12ClNO. The van der Waals surface area contributed by atoms with Gasteiger partial charge < -0.3 is 9.67 Å². The molecule has 1 N–H and O–H groups in total. The van der Waals surface area contributed by atoms with Gasteiger partial charge >= 0.3 is 0 Å². The van der Waals surface area contributed by atoms with Crippen LogP contribution in [-0.4, -0.2) is 15.6 Å². The molecule has 0 aliphatic heterocycles. The Labute approximate surface area is 87.7 Å². The molecule has 0 saturated heterocycles. The van der Waals surface area contributed by atoms with Crippen LogP contribution < -0.4 is 0 Å². The molecule has 0 saturated carbocycles. The fourth-order valence-corrected chi connectivity index (χ4v) is 1.77. The lowest BCUT2D eigenvalue weighted by Gasteiger charge is -2.07. The summed E-state index contributed by atoms with van der Waals surface area (Å²) in [7, 11) is 2.00. The standard InChI is InChI=1S/C11H12ClNO/c1-13-5-4-8-6-9(11(14)7-12)2-3-10(8)13/h2-6,11,14H,7H2,1H3. The molecule has 2 rings (SSSR count). The maximum absolute atomic E-state index is 9.56. The molecule has 1 atom stereocenters. The number of rotatable bonds is 2. The van der Waals surface area contributed by atoms with Crippen LogP contribution in [0, 0.1) is 0 Å². The largest absolute Gasteiger partial charge is 0.387 e. The Morgan fingerprint density at radius 3 is 2.93 bits per heavy atom. The van der Waals surface area contributed by atoms with Crippen molar-refractivity contribution in [3.05, 3.63) is 36.0 Å². The predicted molar refractivity (Wildman–Crippen MR) is 58.6 cm³/mol. The number of halogens is 1. The van der Waals surface area contributed by atoms with E-state index < -0.39 is 6.10 Å². The van der Waals surface area contributed by atoms with E-state index in [4.69, 9.17) is 11.6 Å². The van der Waals surface area contributed by atoms with Crippen LogP contribution in [0.3, 0.4) is 0 Å². The van der Waals surface area contributed by atoms with E-state index in [-0.39, 0.29) is 5.88 Å². The van der Waals surface area contributed by atoms with Gasteiger partial charge in [0.15, 0.2) is 0 Å². The molecule has 0 aliphatic carbocycles. The van der Waals surface area contributed by atoms with Crippen molar-refractivity contribution in [1.29, 1.82) is 0 Å². The summed E-state index contributed by atoms with van der Waals surface area (Å²) >= 11 is 5.59. The highest BCUT2D eigenvalue weighted by atomic mass is 35.5. The number of hydrogen-bond acceptors (Lipinski definition) is 1. The molecule has 0 aliphatic rings. The average molecular weight is 210 g/mol. The van der Waals surface area contributed by atoms with Gasteiger partial charge in [0.25, 0.3) is 0 Å². The van der Waals surface area contributed by atoms with Crippen molar-refractivity contribution in [3.63, 3.8) is 0 Å². The highest BCUT2D eigenvalue weighted by molar-refractivity contribution is 6.18. The maximum Gasteiger partial charge on any atom is 0.0925 e. The minimum Gasteiger partial charge on any atom is -0.387 e. The number of hydrogen-bond donors (Lipinski definition) is 1. The second-order valence-corrected chi connectivity index (χ2v) is 3.72. The van der Waals surface area contributed by atoms with E-state index in [1.54, 1.807) is 0 Å². The minimum atomic E-state index is -0.568. The van der Waals surface area contributed by atoms with Crippen LogP contribution in [0.5, 0.6) is 0 Å². The number of alkyl halides is 1. The molecule has 2 aromatic rings. The van der Waals surface area contributed by atoms with Gasteiger partial charge in [0, 0.05) is 18.8 Å². The van der Waals surface area contributed by atoms with Crippen LogP contribution in [0.25, 0.3) is 10.9 Å². The van der Waals surface area contributed by atoms with Crippen molar-refractivity contribution in [2.45, 2.75) is 6.10 Å². The first kappa shape index (κ1) is 9.56. The first-order valence-corrected chi connectivity index (χ1v) is 5.05. The van der Waals surface area contributed by atoms with Crippen molar-refractivity contribution in [1.82, 2.24) is 4.57 Å². The SMILES string of the molecule is Cn1ccc2cc(C(O)CCl)ccc21. The lowest BCUT2D eigenvalue weighted by atomic mass is 10.1. The number of aliphatic hydroxyl groups is 1. The number of aromatic nitrogens is 1. The summed E-state index contributed by atoms with van der Waals surface area (Å²) in [6.45, 7) is 0. The van der Waals surface area contributed by atoms with Crippen LogP contribution >= 0.6 is 11.6 Å². The summed E-state index contributed by atoms with van der Waals surface area (Å²) in [5, 5.41) is 10.7. The second kappa shape index (κ2) is 3.64. The van der Waals surface area contributed by atoms with Gasteiger partial charge in [-0.2, -0.15) is 0 Å². The van der Waals surface area contributed by atoms with Gasteiger partial charge in [-0.1, -0.05) is 6.07 Å². The van der Waals surface area contributed by atoms with E-state index in [0.717, 1.165) is 16.5 Å². The molecule has 0 bridgehead atoms. The summed E-state index contributed by atoms with van der Waals surface area (Å²) in [5.41, 5.74) is 2.04. The Bertz CT molecular complexity index is 449. The Balaban J connectivity index is 2.52. The van der Waals surface area contributed by atoms with Crippen LogP contribution in [0.1, 0.15) is 11.7 Å². The van der Waals surface area contributed by atoms with Crippen LogP contribution in [-0.2, 0) is 7.05 Å². The summed E-state index contributed by atoms with van der Waals surface area (Å²) in [6, 6.07) is 7.91.